The Bertz CT molecular complexity index is 1630. The van der Waals surface area contributed by atoms with Crippen molar-refractivity contribution in [3.05, 3.63) is 77.9 Å². The summed E-state index contributed by atoms with van der Waals surface area (Å²) in [5.74, 6) is -1.35. The lowest BCUT2D eigenvalue weighted by atomic mass is 10.2. The van der Waals surface area contributed by atoms with Crippen LogP contribution in [0.1, 0.15) is 46.9 Å². The van der Waals surface area contributed by atoms with Crippen molar-refractivity contribution in [3.8, 4) is 23.1 Å². The van der Waals surface area contributed by atoms with E-state index in [2.05, 4.69) is 15.1 Å². The Hall–Kier alpha value is -4.62. The number of carbonyl (C=O) groups is 2. The number of amides is 1. The lowest BCUT2D eigenvalue weighted by molar-refractivity contribution is 0.0689. The summed E-state index contributed by atoms with van der Waals surface area (Å²) in [6.07, 6.45) is 1.87. The average Bonchev–Trinajstić information content (AvgIpc) is 3.58. The van der Waals surface area contributed by atoms with Gasteiger partial charge in [-0.3, -0.25) is 4.79 Å². The summed E-state index contributed by atoms with van der Waals surface area (Å²) < 4.78 is 47.2. The van der Waals surface area contributed by atoms with Gasteiger partial charge in [-0.25, -0.2) is 17.9 Å². The second kappa shape index (κ2) is 11.6. The van der Waals surface area contributed by atoms with Gasteiger partial charge in [0.05, 0.1) is 19.1 Å². The maximum Gasteiger partial charge on any atom is 0.356 e. The fourth-order valence-corrected chi connectivity index (χ4v) is 5.18. The summed E-state index contributed by atoms with van der Waals surface area (Å²) in [4.78, 5) is 24.1. The molecule has 2 heterocycles. The van der Waals surface area contributed by atoms with Crippen LogP contribution < -0.4 is 19.5 Å². The number of carboxylic acids is 1. The summed E-state index contributed by atoms with van der Waals surface area (Å²) in [6.45, 7) is 5.05. The first-order valence-corrected chi connectivity index (χ1v) is 13.7. The highest BCUT2D eigenvalue weighted by Crippen LogP contribution is 2.35. The number of benzene rings is 2. The second-order valence-electron chi connectivity index (χ2n) is 8.82. The number of sulfonamides is 1. The van der Waals surface area contributed by atoms with Crippen LogP contribution in [-0.2, 0) is 10.0 Å². The van der Waals surface area contributed by atoms with E-state index in [1.54, 1.807) is 37.3 Å². The van der Waals surface area contributed by atoms with Crippen LogP contribution in [0.3, 0.4) is 0 Å². The molecule has 210 valence electrons. The maximum absolute atomic E-state index is 13.5. The Morgan fingerprint density at radius 2 is 1.88 bits per heavy atom. The Balaban J connectivity index is 1.81. The molecular formula is C27H28N4O8S. The number of anilines is 1. The Kier molecular flexibility index (Phi) is 8.26. The molecule has 0 saturated heterocycles. The number of aromatic carboxylic acids is 1. The average molecular weight is 569 g/mol. The predicted octanol–water partition coefficient (Wildman–Crippen LogP) is 4.60. The third kappa shape index (κ3) is 6.00. The van der Waals surface area contributed by atoms with Crippen LogP contribution in [0.5, 0.6) is 17.4 Å². The number of hydrogen-bond donors (Lipinski definition) is 3. The monoisotopic (exact) mass is 568 g/mol. The van der Waals surface area contributed by atoms with E-state index < -0.39 is 27.9 Å². The SMILES string of the molecule is CCC(C)NS(=O)(=O)c1cc(NC(=O)c2ccco2)ccc1Oc1c(C)c(C(=O)O)nn1-c1ccc(OC)cc1. The molecule has 3 N–H and O–H groups in total. The van der Waals surface area contributed by atoms with Crippen LogP contribution in [0, 0.1) is 6.92 Å². The fraction of sp³-hybridized carbons (Fsp3) is 0.222. The predicted molar refractivity (Wildman–Crippen MR) is 145 cm³/mol. The van der Waals surface area contributed by atoms with Crippen molar-refractivity contribution in [3.63, 3.8) is 0 Å². The van der Waals surface area contributed by atoms with Crippen molar-refractivity contribution in [1.29, 1.82) is 0 Å². The lowest BCUT2D eigenvalue weighted by Crippen LogP contribution is -2.32. The highest BCUT2D eigenvalue weighted by molar-refractivity contribution is 7.89. The molecule has 0 aliphatic heterocycles. The highest BCUT2D eigenvalue weighted by Gasteiger charge is 2.27. The van der Waals surface area contributed by atoms with Gasteiger partial charge in [-0.2, -0.15) is 9.78 Å². The normalized spacial score (nSPS) is 12.1. The molecule has 2 aromatic heterocycles. The molecule has 0 bridgehead atoms. The van der Waals surface area contributed by atoms with Crippen LogP contribution in [0.2, 0.25) is 0 Å². The van der Waals surface area contributed by atoms with Gasteiger partial charge < -0.3 is 24.3 Å². The molecular weight excluding hydrogens is 540 g/mol. The Morgan fingerprint density at radius 3 is 2.48 bits per heavy atom. The molecule has 0 radical (unpaired) electrons. The van der Waals surface area contributed by atoms with Crippen molar-refractivity contribution < 1.29 is 37.0 Å². The summed E-state index contributed by atoms with van der Waals surface area (Å²) in [6, 6.07) is 13.3. The molecule has 4 aromatic rings. The fourth-order valence-electron chi connectivity index (χ4n) is 3.70. The minimum Gasteiger partial charge on any atom is -0.497 e. The number of hydrogen-bond acceptors (Lipinski definition) is 8. The molecule has 40 heavy (non-hydrogen) atoms. The number of aromatic nitrogens is 2. The molecule has 0 spiro atoms. The van der Waals surface area contributed by atoms with Crippen molar-refractivity contribution in [2.45, 2.75) is 38.1 Å². The summed E-state index contributed by atoms with van der Waals surface area (Å²) in [7, 11) is -2.64. The van der Waals surface area contributed by atoms with Gasteiger partial charge in [0.25, 0.3) is 5.91 Å². The zero-order chi connectivity index (χ0) is 29.0. The zero-order valence-electron chi connectivity index (χ0n) is 22.2. The van der Waals surface area contributed by atoms with E-state index in [0.717, 1.165) is 0 Å². The van der Waals surface area contributed by atoms with Crippen molar-refractivity contribution >= 4 is 27.6 Å². The van der Waals surface area contributed by atoms with Gasteiger partial charge in [0, 0.05) is 17.3 Å². The Morgan fingerprint density at radius 1 is 1.15 bits per heavy atom. The molecule has 0 saturated carbocycles. The van der Waals surface area contributed by atoms with Crippen LogP contribution >= 0.6 is 0 Å². The van der Waals surface area contributed by atoms with E-state index in [1.165, 1.54) is 49.2 Å². The lowest BCUT2D eigenvalue weighted by Gasteiger charge is -2.17. The highest BCUT2D eigenvalue weighted by atomic mass is 32.2. The van der Waals surface area contributed by atoms with Crippen LogP contribution in [0.15, 0.2) is 70.2 Å². The number of nitrogens with zero attached hydrogens (tertiary/aromatic N) is 2. The first-order chi connectivity index (χ1) is 19.0. The van der Waals surface area contributed by atoms with E-state index in [-0.39, 0.29) is 39.2 Å². The molecule has 1 unspecified atom stereocenters. The third-order valence-corrected chi connectivity index (χ3v) is 7.61. The van der Waals surface area contributed by atoms with Crippen molar-refractivity contribution in [1.82, 2.24) is 14.5 Å². The standard InChI is InChI=1S/C27H28N4O8S/c1-5-16(2)30-40(35,36)23-15-18(28-25(32)22-7-6-14-38-22)8-13-21(23)39-26-17(3)24(27(33)34)29-31(26)19-9-11-20(37-4)12-10-19/h6-16,30H,5H2,1-4H3,(H,28,32)(H,33,34). The molecule has 1 atom stereocenters. The molecule has 1 amide bonds. The molecule has 2 aromatic carbocycles. The van der Waals surface area contributed by atoms with Gasteiger partial charge in [0.1, 0.15) is 16.4 Å². The summed E-state index contributed by atoms with van der Waals surface area (Å²) in [5.41, 5.74) is 0.535. The smallest absolute Gasteiger partial charge is 0.356 e. The van der Waals surface area contributed by atoms with E-state index in [0.29, 0.717) is 17.9 Å². The number of nitrogens with one attached hydrogen (secondary N) is 2. The number of carboxylic acid groups (broad SMARTS) is 1. The van der Waals surface area contributed by atoms with E-state index >= 15 is 0 Å². The minimum atomic E-state index is -4.16. The van der Waals surface area contributed by atoms with E-state index in [1.807, 2.05) is 6.92 Å². The molecule has 4 rings (SSSR count). The first-order valence-electron chi connectivity index (χ1n) is 12.2. The third-order valence-electron chi connectivity index (χ3n) is 6.00. The van der Waals surface area contributed by atoms with Gasteiger partial charge in [0.2, 0.25) is 15.9 Å². The van der Waals surface area contributed by atoms with Crippen molar-refractivity contribution in [2.75, 3.05) is 12.4 Å². The van der Waals surface area contributed by atoms with E-state index in [9.17, 15) is 23.1 Å². The molecule has 12 nitrogen and oxygen atoms in total. The second-order valence-corrected chi connectivity index (χ2v) is 10.5. The topological polar surface area (TPSA) is 162 Å². The van der Waals surface area contributed by atoms with Gasteiger partial charge in [-0.05, 0) is 74.9 Å². The van der Waals surface area contributed by atoms with Crippen LogP contribution in [-0.4, -0.2) is 48.3 Å². The Labute approximate surface area is 230 Å². The van der Waals surface area contributed by atoms with Crippen LogP contribution in [0.25, 0.3) is 5.69 Å². The molecule has 0 aliphatic rings. The van der Waals surface area contributed by atoms with Gasteiger partial charge in [0.15, 0.2) is 11.5 Å². The van der Waals surface area contributed by atoms with Crippen molar-refractivity contribution in [2.24, 2.45) is 0 Å². The van der Waals surface area contributed by atoms with Crippen LogP contribution in [0.4, 0.5) is 5.69 Å². The number of ether oxygens (including phenoxy) is 2. The zero-order valence-corrected chi connectivity index (χ0v) is 23.0. The van der Waals surface area contributed by atoms with Gasteiger partial charge in [-0.15, -0.1) is 0 Å². The summed E-state index contributed by atoms with van der Waals surface area (Å²) >= 11 is 0. The minimum absolute atomic E-state index is 0.00470. The molecule has 0 aliphatic carbocycles. The maximum atomic E-state index is 13.5. The molecule has 0 fully saturated rings. The van der Waals surface area contributed by atoms with Gasteiger partial charge >= 0.3 is 5.97 Å². The number of carbonyl (C=O) groups excluding carboxylic acids is 1. The number of furan rings is 1. The molecule has 13 heteroatoms. The summed E-state index contributed by atoms with van der Waals surface area (Å²) in [5, 5.41) is 16.5. The largest absolute Gasteiger partial charge is 0.497 e. The van der Waals surface area contributed by atoms with Gasteiger partial charge in [-0.1, -0.05) is 6.92 Å². The van der Waals surface area contributed by atoms with E-state index in [4.69, 9.17) is 13.9 Å². The number of rotatable bonds is 11. The number of methoxy groups -OCH3 is 1. The first kappa shape index (κ1) is 28.4. The quantitative estimate of drug-likeness (QED) is 0.235.